The van der Waals surface area contributed by atoms with Gasteiger partial charge in [0.05, 0.1) is 5.75 Å². The van der Waals surface area contributed by atoms with Crippen LogP contribution in [0.1, 0.15) is 16.7 Å². The van der Waals surface area contributed by atoms with Gasteiger partial charge in [0.15, 0.2) is 0 Å². The lowest BCUT2D eigenvalue weighted by Crippen LogP contribution is -2.47. The van der Waals surface area contributed by atoms with Crippen molar-refractivity contribution >= 4 is 17.7 Å². The molecule has 0 radical (unpaired) electrons. The fourth-order valence-corrected chi connectivity index (χ4v) is 3.28. The Morgan fingerprint density at radius 1 is 1.21 bits per heavy atom. The lowest BCUT2D eigenvalue weighted by molar-refractivity contribution is -0.128. The van der Waals surface area contributed by atoms with E-state index in [4.69, 9.17) is 0 Å². The molecule has 1 fully saturated rings. The van der Waals surface area contributed by atoms with Gasteiger partial charge >= 0.3 is 0 Å². The highest BCUT2D eigenvalue weighted by Crippen LogP contribution is 2.16. The highest BCUT2D eigenvalue weighted by atomic mass is 32.2. The molecule has 3 nitrogen and oxygen atoms in total. The summed E-state index contributed by atoms with van der Waals surface area (Å²) in [6.45, 7) is 7.78. The monoisotopic (exact) mass is 278 g/mol. The van der Waals surface area contributed by atoms with Crippen molar-refractivity contribution in [3.05, 3.63) is 34.9 Å². The number of aryl methyl sites for hydroxylation is 2. The first-order valence-corrected chi connectivity index (χ1v) is 7.94. The average molecular weight is 278 g/mol. The quantitative estimate of drug-likeness (QED) is 0.914. The Bertz CT molecular complexity index is 422. The van der Waals surface area contributed by atoms with Crippen molar-refractivity contribution in [1.82, 2.24) is 10.2 Å². The summed E-state index contributed by atoms with van der Waals surface area (Å²) in [4.78, 5) is 14.0. The molecule has 0 aromatic heterocycles. The second-order valence-electron chi connectivity index (χ2n) is 5.12. The normalized spacial score (nSPS) is 15.6. The van der Waals surface area contributed by atoms with Crippen molar-refractivity contribution in [2.75, 3.05) is 31.9 Å². The molecule has 1 saturated heterocycles. The molecule has 0 saturated carbocycles. The van der Waals surface area contributed by atoms with Crippen LogP contribution in [0.2, 0.25) is 0 Å². The zero-order chi connectivity index (χ0) is 13.7. The maximum atomic E-state index is 12.0. The fraction of sp³-hybridized carbons (Fsp3) is 0.533. The molecular formula is C15H22N2OS. The summed E-state index contributed by atoms with van der Waals surface area (Å²) in [6.07, 6.45) is 0. The number of benzene rings is 1. The molecule has 1 N–H and O–H groups in total. The summed E-state index contributed by atoms with van der Waals surface area (Å²) in [5, 5.41) is 3.26. The van der Waals surface area contributed by atoms with Crippen LogP contribution < -0.4 is 5.32 Å². The minimum absolute atomic E-state index is 0.274. The Morgan fingerprint density at radius 2 is 1.84 bits per heavy atom. The van der Waals surface area contributed by atoms with Gasteiger partial charge in [0.1, 0.15) is 0 Å². The zero-order valence-electron chi connectivity index (χ0n) is 11.7. The fourth-order valence-electron chi connectivity index (χ4n) is 2.41. The summed E-state index contributed by atoms with van der Waals surface area (Å²) < 4.78 is 0. The van der Waals surface area contributed by atoms with E-state index < -0.39 is 0 Å². The van der Waals surface area contributed by atoms with E-state index in [9.17, 15) is 4.79 Å². The van der Waals surface area contributed by atoms with Crippen LogP contribution in [0.4, 0.5) is 0 Å². The molecule has 1 aliphatic rings. The summed E-state index contributed by atoms with van der Waals surface area (Å²) in [6, 6.07) is 6.59. The van der Waals surface area contributed by atoms with Gasteiger partial charge in [-0.25, -0.2) is 0 Å². The summed E-state index contributed by atoms with van der Waals surface area (Å²) >= 11 is 1.71. The van der Waals surface area contributed by atoms with Crippen LogP contribution in [0.25, 0.3) is 0 Å². The molecule has 1 aromatic carbocycles. The predicted molar refractivity (Wildman–Crippen MR) is 81.5 cm³/mol. The number of carbonyl (C=O) groups excluding carboxylic acids is 1. The number of nitrogens with zero attached hydrogens (tertiary/aromatic N) is 1. The number of rotatable bonds is 4. The maximum absolute atomic E-state index is 12.0. The van der Waals surface area contributed by atoms with E-state index in [0.717, 1.165) is 31.9 Å². The van der Waals surface area contributed by atoms with Gasteiger partial charge in [0.2, 0.25) is 5.91 Å². The number of thioether (sulfide) groups is 1. The SMILES string of the molecule is Cc1cc(C)cc(CSCC(=O)N2CCNCC2)c1. The van der Waals surface area contributed by atoms with E-state index in [1.165, 1.54) is 16.7 Å². The van der Waals surface area contributed by atoms with Crippen molar-refractivity contribution in [3.63, 3.8) is 0 Å². The lowest BCUT2D eigenvalue weighted by atomic mass is 10.1. The van der Waals surface area contributed by atoms with Gasteiger partial charge in [0.25, 0.3) is 0 Å². The molecule has 0 atom stereocenters. The molecule has 1 heterocycles. The minimum atomic E-state index is 0.274. The number of nitrogens with one attached hydrogen (secondary N) is 1. The van der Waals surface area contributed by atoms with Gasteiger partial charge in [-0.2, -0.15) is 0 Å². The third kappa shape index (κ3) is 4.55. The van der Waals surface area contributed by atoms with Crippen molar-refractivity contribution in [2.24, 2.45) is 0 Å². The van der Waals surface area contributed by atoms with Crippen LogP contribution >= 0.6 is 11.8 Å². The van der Waals surface area contributed by atoms with Crippen LogP contribution in [0.15, 0.2) is 18.2 Å². The van der Waals surface area contributed by atoms with E-state index >= 15 is 0 Å². The van der Waals surface area contributed by atoms with Crippen LogP contribution in [-0.2, 0) is 10.5 Å². The molecule has 104 valence electrons. The van der Waals surface area contributed by atoms with Crippen molar-refractivity contribution in [3.8, 4) is 0 Å². The zero-order valence-corrected chi connectivity index (χ0v) is 12.6. The van der Waals surface area contributed by atoms with Gasteiger partial charge in [0, 0.05) is 31.9 Å². The molecule has 0 spiro atoms. The summed E-state index contributed by atoms with van der Waals surface area (Å²) in [5.74, 6) is 1.78. The molecule has 19 heavy (non-hydrogen) atoms. The van der Waals surface area contributed by atoms with E-state index in [0.29, 0.717) is 5.75 Å². The van der Waals surface area contributed by atoms with E-state index in [2.05, 4.69) is 37.4 Å². The predicted octanol–water partition coefficient (Wildman–Crippen LogP) is 1.97. The van der Waals surface area contributed by atoms with Gasteiger partial charge in [-0.3, -0.25) is 4.79 Å². The molecule has 0 bridgehead atoms. The highest BCUT2D eigenvalue weighted by molar-refractivity contribution is 7.99. The molecule has 0 aliphatic carbocycles. The number of hydrogen-bond donors (Lipinski definition) is 1. The van der Waals surface area contributed by atoms with E-state index in [1.807, 2.05) is 4.90 Å². The van der Waals surface area contributed by atoms with Gasteiger partial charge in [-0.15, -0.1) is 11.8 Å². The number of hydrogen-bond acceptors (Lipinski definition) is 3. The molecule has 2 rings (SSSR count). The Labute approximate surface area is 119 Å². The van der Waals surface area contributed by atoms with E-state index in [1.54, 1.807) is 11.8 Å². The largest absolute Gasteiger partial charge is 0.339 e. The molecule has 4 heteroatoms. The second kappa shape index (κ2) is 6.96. The molecule has 1 aromatic rings. The number of piperazine rings is 1. The molecule has 1 aliphatic heterocycles. The lowest BCUT2D eigenvalue weighted by Gasteiger charge is -2.27. The standard InChI is InChI=1S/C15H22N2OS/c1-12-7-13(2)9-14(8-12)10-19-11-15(18)17-5-3-16-4-6-17/h7-9,16H,3-6,10-11H2,1-2H3. The third-order valence-corrected chi connectivity index (χ3v) is 4.23. The van der Waals surface area contributed by atoms with Gasteiger partial charge in [-0.1, -0.05) is 29.3 Å². The second-order valence-corrected chi connectivity index (χ2v) is 6.11. The summed E-state index contributed by atoms with van der Waals surface area (Å²) in [7, 11) is 0. The molecular weight excluding hydrogens is 256 g/mol. The van der Waals surface area contributed by atoms with Crippen LogP contribution in [0.5, 0.6) is 0 Å². The number of carbonyl (C=O) groups is 1. The third-order valence-electron chi connectivity index (χ3n) is 3.25. The van der Waals surface area contributed by atoms with Gasteiger partial charge < -0.3 is 10.2 Å². The van der Waals surface area contributed by atoms with E-state index in [-0.39, 0.29) is 5.91 Å². The highest BCUT2D eigenvalue weighted by Gasteiger charge is 2.15. The van der Waals surface area contributed by atoms with Crippen LogP contribution in [-0.4, -0.2) is 42.7 Å². The van der Waals surface area contributed by atoms with Crippen molar-refractivity contribution < 1.29 is 4.79 Å². The molecule has 1 amide bonds. The molecule has 0 unspecified atom stereocenters. The maximum Gasteiger partial charge on any atom is 0.232 e. The van der Waals surface area contributed by atoms with Gasteiger partial charge in [-0.05, 0) is 19.4 Å². The minimum Gasteiger partial charge on any atom is -0.339 e. The first kappa shape index (κ1) is 14.4. The average Bonchev–Trinajstić information content (AvgIpc) is 2.38. The first-order valence-electron chi connectivity index (χ1n) is 6.78. The first-order chi connectivity index (χ1) is 9.15. The van der Waals surface area contributed by atoms with Crippen molar-refractivity contribution in [2.45, 2.75) is 19.6 Å². The van der Waals surface area contributed by atoms with Crippen LogP contribution in [0.3, 0.4) is 0 Å². The Hall–Kier alpha value is -1.00. The topological polar surface area (TPSA) is 32.3 Å². The van der Waals surface area contributed by atoms with Crippen molar-refractivity contribution in [1.29, 1.82) is 0 Å². The smallest absolute Gasteiger partial charge is 0.232 e. The summed E-state index contributed by atoms with van der Waals surface area (Å²) in [5.41, 5.74) is 3.91. The Balaban J connectivity index is 1.77. The van der Waals surface area contributed by atoms with Crippen LogP contribution in [0, 0.1) is 13.8 Å². The number of amides is 1. The Kier molecular flexibility index (Phi) is 5.28. The Morgan fingerprint density at radius 3 is 2.47 bits per heavy atom.